The van der Waals surface area contributed by atoms with Crippen molar-refractivity contribution in [2.45, 2.75) is 31.9 Å². The molecule has 0 aliphatic carbocycles. The third-order valence-corrected chi connectivity index (χ3v) is 7.92. The second-order valence-corrected chi connectivity index (χ2v) is 10.2. The van der Waals surface area contributed by atoms with E-state index >= 15 is 0 Å². The zero-order valence-corrected chi connectivity index (χ0v) is 18.9. The van der Waals surface area contributed by atoms with Gasteiger partial charge >= 0.3 is 0 Å². The summed E-state index contributed by atoms with van der Waals surface area (Å²) in [5.41, 5.74) is 0.662. The number of benzene rings is 1. The Morgan fingerprint density at radius 3 is 2.87 bits per heavy atom. The van der Waals surface area contributed by atoms with E-state index in [1.807, 2.05) is 0 Å². The van der Waals surface area contributed by atoms with Crippen molar-refractivity contribution in [1.29, 1.82) is 0 Å². The molecule has 1 aliphatic heterocycles. The molecule has 2 N–H and O–H groups in total. The number of para-hydroxylation sites is 1. The molecular weight excluding hydrogens is 461 g/mol. The Bertz CT molecular complexity index is 1310. The fraction of sp³-hybridized carbons (Fsp3) is 0.300. The van der Waals surface area contributed by atoms with Gasteiger partial charge in [0.15, 0.2) is 5.15 Å². The number of aromatic amines is 1. The fourth-order valence-corrected chi connectivity index (χ4v) is 5.96. The molecule has 4 aromatic rings. The van der Waals surface area contributed by atoms with E-state index in [4.69, 9.17) is 11.6 Å². The molecule has 1 aromatic carbocycles. The molecule has 1 aliphatic rings. The molecule has 0 saturated heterocycles. The van der Waals surface area contributed by atoms with Gasteiger partial charge in [-0.15, -0.1) is 22.7 Å². The molecule has 5 rings (SSSR count). The molecule has 0 unspecified atom stereocenters. The van der Waals surface area contributed by atoms with E-state index in [0.29, 0.717) is 33.4 Å². The van der Waals surface area contributed by atoms with Gasteiger partial charge in [-0.3, -0.25) is 4.79 Å². The molecule has 0 saturated carbocycles. The highest BCUT2D eigenvalue weighted by atomic mass is 35.5. The number of fused-ring (bicyclic) bond motifs is 2. The first-order chi connectivity index (χ1) is 14.7. The Balaban J connectivity index is 1.61. The largest absolute Gasteiger partial charge is 0.383 e. The van der Waals surface area contributed by atoms with Crippen molar-refractivity contribution in [2.24, 2.45) is 0 Å². The van der Waals surface area contributed by atoms with Crippen LogP contribution in [0.15, 0.2) is 24.5 Å². The summed E-state index contributed by atoms with van der Waals surface area (Å²) in [6.07, 6.45) is 2.18. The predicted octanol–water partition coefficient (Wildman–Crippen LogP) is 4.28. The van der Waals surface area contributed by atoms with Gasteiger partial charge in [0.05, 0.1) is 16.7 Å². The van der Waals surface area contributed by atoms with Gasteiger partial charge in [-0.05, 0) is 26.0 Å². The van der Waals surface area contributed by atoms with Crippen LogP contribution in [0.1, 0.15) is 51.0 Å². The van der Waals surface area contributed by atoms with Gasteiger partial charge in [0, 0.05) is 18.7 Å². The number of nitrogens with one attached hydrogen (secondary N) is 1. The normalized spacial score (nSPS) is 16.7. The van der Waals surface area contributed by atoms with E-state index in [9.17, 15) is 14.3 Å². The average molecular weight is 478 g/mol. The van der Waals surface area contributed by atoms with Crippen molar-refractivity contribution in [1.82, 2.24) is 24.8 Å². The van der Waals surface area contributed by atoms with Gasteiger partial charge in [0.25, 0.3) is 5.91 Å². The smallest absolute Gasteiger partial charge is 0.268 e. The maximum Gasteiger partial charge on any atom is 0.268 e. The number of hydrogen-bond donors (Lipinski definition) is 2. The van der Waals surface area contributed by atoms with Crippen LogP contribution < -0.4 is 0 Å². The SMILES string of the molecule is CC(C)(O)c1nc(Cl)c(C(=O)N2CCc3[nH]cnc3[C@H]2c2nc3c(F)cccc3s2)s1. The number of carbonyl (C=O) groups is 1. The minimum atomic E-state index is -1.21. The number of aliphatic hydroxyl groups is 1. The number of thiazole rings is 2. The van der Waals surface area contributed by atoms with Crippen molar-refractivity contribution < 1.29 is 14.3 Å². The minimum absolute atomic E-state index is 0.0500. The number of imidazole rings is 1. The van der Waals surface area contributed by atoms with Gasteiger partial charge in [0.1, 0.15) is 37.9 Å². The molecular formula is C20H17ClFN5O2S2. The Morgan fingerprint density at radius 2 is 2.16 bits per heavy atom. The highest BCUT2D eigenvalue weighted by Gasteiger charge is 2.38. The lowest BCUT2D eigenvalue weighted by Crippen LogP contribution is -2.40. The topological polar surface area (TPSA) is 95.0 Å². The lowest BCUT2D eigenvalue weighted by molar-refractivity contribution is 0.0695. The van der Waals surface area contributed by atoms with E-state index in [2.05, 4.69) is 19.9 Å². The molecule has 7 nitrogen and oxygen atoms in total. The van der Waals surface area contributed by atoms with Crippen LogP contribution in [0.4, 0.5) is 4.39 Å². The lowest BCUT2D eigenvalue weighted by atomic mass is 10.0. The lowest BCUT2D eigenvalue weighted by Gasteiger charge is -2.33. The average Bonchev–Trinajstić information content (AvgIpc) is 3.44. The third-order valence-electron chi connectivity index (χ3n) is 5.11. The molecule has 0 radical (unpaired) electrons. The van der Waals surface area contributed by atoms with Crippen LogP contribution in [0.2, 0.25) is 5.15 Å². The van der Waals surface area contributed by atoms with Gasteiger partial charge in [-0.25, -0.2) is 19.3 Å². The van der Waals surface area contributed by atoms with E-state index < -0.39 is 17.5 Å². The Labute approximate surface area is 189 Å². The zero-order chi connectivity index (χ0) is 21.9. The predicted molar refractivity (Wildman–Crippen MR) is 117 cm³/mol. The number of H-pyrrole nitrogens is 1. The number of hydrogen-bond acceptors (Lipinski definition) is 7. The molecule has 1 atom stereocenters. The van der Waals surface area contributed by atoms with Crippen LogP contribution in [0.5, 0.6) is 0 Å². The van der Waals surface area contributed by atoms with Crippen LogP contribution in [-0.4, -0.2) is 42.4 Å². The number of carbonyl (C=O) groups excluding carboxylic acids is 1. The van der Waals surface area contributed by atoms with E-state index in [-0.39, 0.29) is 21.5 Å². The monoisotopic (exact) mass is 477 g/mol. The molecule has 0 spiro atoms. The van der Waals surface area contributed by atoms with Crippen molar-refractivity contribution >= 4 is 50.4 Å². The first-order valence-electron chi connectivity index (χ1n) is 9.51. The Morgan fingerprint density at radius 1 is 1.35 bits per heavy atom. The fourth-order valence-electron chi connectivity index (χ4n) is 3.62. The number of halogens is 2. The molecule has 31 heavy (non-hydrogen) atoms. The van der Waals surface area contributed by atoms with E-state index in [1.54, 1.807) is 37.2 Å². The van der Waals surface area contributed by atoms with Gasteiger partial charge < -0.3 is 15.0 Å². The molecule has 11 heteroatoms. The maximum atomic E-state index is 14.3. The first kappa shape index (κ1) is 20.5. The van der Waals surface area contributed by atoms with Crippen LogP contribution in [0.25, 0.3) is 10.2 Å². The van der Waals surface area contributed by atoms with Crippen LogP contribution in [0, 0.1) is 5.82 Å². The molecule has 0 fully saturated rings. The quantitative estimate of drug-likeness (QED) is 0.459. The number of amides is 1. The summed E-state index contributed by atoms with van der Waals surface area (Å²) >= 11 is 8.68. The molecule has 1 amide bonds. The van der Waals surface area contributed by atoms with E-state index in [0.717, 1.165) is 17.0 Å². The summed E-state index contributed by atoms with van der Waals surface area (Å²) in [6, 6.07) is 4.22. The summed E-state index contributed by atoms with van der Waals surface area (Å²) in [5.74, 6) is -0.729. The van der Waals surface area contributed by atoms with Gasteiger partial charge in [-0.1, -0.05) is 17.7 Å². The Kier molecular flexibility index (Phi) is 4.85. The summed E-state index contributed by atoms with van der Waals surface area (Å²) in [6.45, 7) is 3.58. The first-order valence-corrected chi connectivity index (χ1v) is 11.5. The highest BCUT2D eigenvalue weighted by molar-refractivity contribution is 7.18. The van der Waals surface area contributed by atoms with Gasteiger partial charge in [-0.2, -0.15) is 0 Å². The van der Waals surface area contributed by atoms with Gasteiger partial charge in [0.2, 0.25) is 0 Å². The summed E-state index contributed by atoms with van der Waals surface area (Å²) in [7, 11) is 0. The standard InChI is InChI=1S/C20H17ClFN5O2S2/c1-20(2,29)19-26-16(21)15(31-19)18(28)27-7-6-10-13(24-8-23-10)14(27)17-25-12-9(22)4-3-5-11(12)30-17/h3-5,8,14,29H,6-7H2,1-2H3,(H,23,24)/t14-/m0/s1. The van der Waals surface area contributed by atoms with Crippen LogP contribution in [0.3, 0.4) is 0 Å². The number of rotatable bonds is 3. The van der Waals surface area contributed by atoms with Crippen molar-refractivity contribution in [3.63, 3.8) is 0 Å². The second-order valence-electron chi connectivity index (χ2n) is 7.75. The number of nitrogens with zero attached hydrogens (tertiary/aromatic N) is 4. The zero-order valence-electron chi connectivity index (χ0n) is 16.5. The molecule has 160 valence electrons. The van der Waals surface area contributed by atoms with Crippen LogP contribution >= 0.6 is 34.3 Å². The van der Waals surface area contributed by atoms with Crippen LogP contribution in [-0.2, 0) is 12.0 Å². The third kappa shape index (κ3) is 3.43. The van der Waals surface area contributed by atoms with Crippen molar-refractivity contribution in [2.75, 3.05) is 6.54 Å². The second kappa shape index (κ2) is 7.33. The molecule has 4 heterocycles. The summed E-state index contributed by atoms with van der Waals surface area (Å²) in [5, 5.41) is 11.2. The van der Waals surface area contributed by atoms with Crippen molar-refractivity contribution in [3.8, 4) is 0 Å². The number of aromatic nitrogens is 4. The maximum absolute atomic E-state index is 14.3. The summed E-state index contributed by atoms with van der Waals surface area (Å²) < 4.78 is 15.0. The van der Waals surface area contributed by atoms with Crippen molar-refractivity contribution in [3.05, 3.63) is 61.8 Å². The van der Waals surface area contributed by atoms with E-state index in [1.165, 1.54) is 17.4 Å². The molecule has 3 aromatic heterocycles. The molecule has 0 bridgehead atoms. The Hall–Kier alpha value is -2.40. The highest BCUT2D eigenvalue weighted by Crippen LogP contribution is 2.40. The minimum Gasteiger partial charge on any atom is -0.383 e. The summed E-state index contributed by atoms with van der Waals surface area (Å²) in [4.78, 5) is 31.7.